The highest BCUT2D eigenvalue weighted by Gasteiger charge is 2.21. The maximum atomic E-state index is 12.5. The molecule has 0 spiro atoms. The molecule has 1 saturated heterocycles. The summed E-state index contributed by atoms with van der Waals surface area (Å²) in [5.41, 5.74) is 1.56. The van der Waals surface area contributed by atoms with Crippen molar-refractivity contribution >= 4 is 5.91 Å². The third-order valence-electron chi connectivity index (χ3n) is 5.06. The second-order valence-electron chi connectivity index (χ2n) is 7.14. The number of benzene rings is 2. The number of piperidine rings is 1. The Balaban J connectivity index is 1.47. The van der Waals surface area contributed by atoms with Gasteiger partial charge in [0.2, 0.25) is 5.82 Å². The lowest BCUT2D eigenvalue weighted by Crippen LogP contribution is -2.40. The lowest BCUT2D eigenvalue weighted by molar-refractivity contribution is -0.134. The molecule has 144 valence electrons. The summed E-state index contributed by atoms with van der Waals surface area (Å²) in [5, 5.41) is 4.09. The van der Waals surface area contributed by atoms with Crippen LogP contribution in [0.5, 0.6) is 5.75 Å². The zero-order chi connectivity index (χ0) is 19.3. The molecule has 2 aromatic carbocycles. The molecule has 4 rings (SSSR count). The zero-order valence-corrected chi connectivity index (χ0v) is 15.9. The van der Waals surface area contributed by atoms with Crippen molar-refractivity contribution in [3.63, 3.8) is 0 Å². The van der Waals surface area contributed by atoms with E-state index in [0.717, 1.165) is 31.5 Å². The summed E-state index contributed by atoms with van der Waals surface area (Å²) in [7, 11) is 0. The number of amides is 1. The molecule has 3 aromatic rings. The van der Waals surface area contributed by atoms with Gasteiger partial charge in [0.25, 0.3) is 11.8 Å². The number of rotatable bonds is 5. The first-order chi connectivity index (χ1) is 13.7. The second kappa shape index (κ2) is 8.25. The summed E-state index contributed by atoms with van der Waals surface area (Å²) in [4.78, 5) is 18.8. The molecule has 6 nitrogen and oxygen atoms in total. The van der Waals surface area contributed by atoms with Crippen LogP contribution in [0.3, 0.4) is 0 Å². The van der Waals surface area contributed by atoms with Crippen LogP contribution < -0.4 is 4.74 Å². The van der Waals surface area contributed by atoms with Gasteiger partial charge in [-0.05, 0) is 43.0 Å². The molecule has 2 heterocycles. The lowest BCUT2D eigenvalue weighted by Gasteiger charge is -2.30. The van der Waals surface area contributed by atoms with Gasteiger partial charge in [-0.25, -0.2) is 0 Å². The SMILES string of the molecule is CC1CCN(C(=O)COc2ccccc2-c2noc(-c3ccccc3)n2)CC1. The number of carbonyl (C=O) groups excluding carboxylic acids is 1. The van der Waals surface area contributed by atoms with E-state index in [-0.39, 0.29) is 12.5 Å². The Morgan fingerprint density at radius 2 is 1.82 bits per heavy atom. The summed E-state index contributed by atoms with van der Waals surface area (Å²) < 4.78 is 11.2. The largest absolute Gasteiger partial charge is 0.483 e. The smallest absolute Gasteiger partial charge is 0.260 e. The Labute approximate surface area is 164 Å². The van der Waals surface area contributed by atoms with Crippen molar-refractivity contribution in [3.8, 4) is 28.6 Å². The Morgan fingerprint density at radius 1 is 1.11 bits per heavy atom. The quantitative estimate of drug-likeness (QED) is 0.671. The number of nitrogens with zero attached hydrogens (tertiary/aromatic N) is 3. The normalized spacial score (nSPS) is 14.8. The van der Waals surface area contributed by atoms with E-state index in [1.54, 1.807) is 0 Å². The molecule has 0 saturated carbocycles. The van der Waals surface area contributed by atoms with Crippen molar-refractivity contribution in [2.75, 3.05) is 19.7 Å². The molecule has 28 heavy (non-hydrogen) atoms. The molecule has 0 unspecified atom stereocenters. The molecule has 0 aliphatic carbocycles. The molecular weight excluding hydrogens is 354 g/mol. The van der Waals surface area contributed by atoms with Gasteiger partial charge >= 0.3 is 0 Å². The Bertz CT molecular complexity index is 931. The summed E-state index contributed by atoms with van der Waals surface area (Å²) in [6, 6.07) is 17.0. The molecule has 0 atom stereocenters. The summed E-state index contributed by atoms with van der Waals surface area (Å²) in [6.07, 6.45) is 2.10. The van der Waals surface area contributed by atoms with Gasteiger partial charge in [0.1, 0.15) is 5.75 Å². The van der Waals surface area contributed by atoms with Crippen LogP contribution in [-0.2, 0) is 4.79 Å². The van der Waals surface area contributed by atoms with E-state index < -0.39 is 0 Å². The van der Waals surface area contributed by atoms with Crippen molar-refractivity contribution in [2.24, 2.45) is 5.92 Å². The number of hydrogen-bond acceptors (Lipinski definition) is 5. The van der Waals surface area contributed by atoms with Gasteiger partial charge in [-0.1, -0.05) is 42.4 Å². The number of hydrogen-bond donors (Lipinski definition) is 0. The van der Waals surface area contributed by atoms with E-state index in [0.29, 0.717) is 28.9 Å². The standard InChI is InChI=1S/C22H23N3O3/c1-16-11-13-25(14-12-16)20(26)15-27-19-10-6-5-9-18(19)21-23-22(28-24-21)17-7-3-2-4-8-17/h2-10,16H,11-15H2,1H3. The Hall–Kier alpha value is -3.15. The summed E-state index contributed by atoms with van der Waals surface area (Å²) >= 11 is 0. The molecule has 1 fully saturated rings. The number of aromatic nitrogens is 2. The van der Waals surface area contributed by atoms with Gasteiger partial charge in [-0.3, -0.25) is 4.79 Å². The van der Waals surface area contributed by atoms with Crippen LogP contribution in [0.15, 0.2) is 59.1 Å². The molecule has 1 aliphatic rings. The first-order valence-corrected chi connectivity index (χ1v) is 9.60. The lowest BCUT2D eigenvalue weighted by atomic mass is 9.99. The number of carbonyl (C=O) groups is 1. The maximum absolute atomic E-state index is 12.5. The van der Waals surface area contributed by atoms with Crippen molar-refractivity contribution < 1.29 is 14.1 Å². The van der Waals surface area contributed by atoms with Gasteiger partial charge in [-0.2, -0.15) is 4.98 Å². The van der Waals surface area contributed by atoms with E-state index in [1.165, 1.54) is 0 Å². The Kier molecular flexibility index (Phi) is 5.37. The van der Waals surface area contributed by atoms with Gasteiger partial charge < -0.3 is 14.2 Å². The highest BCUT2D eigenvalue weighted by molar-refractivity contribution is 5.78. The van der Waals surface area contributed by atoms with Crippen LogP contribution in [0.1, 0.15) is 19.8 Å². The molecule has 6 heteroatoms. The minimum absolute atomic E-state index is 0.00872. The topological polar surface area (TPSA) is 68.5 Å². The molecule has 0 N–H and O–H groups in total. The fourth-order valence-corrected chi connectivity index (χ4v) is 3.30. The number of ether oxygens (including phenoxy) is 1. The van der Waals surface area contributed by atoms with E-state index in [1.807, 2.05) is 59.5 Å². The van der Waals surface area contributed by atoms with Crippen LogP contribution >= 0.6 is 0 Å². The van der Waals surface area contributed by atoms with Crippen LogP contribution in [0, 0.1) is 5.92 Å². The molecule has 0 radical (unpaired) electrons. The van der Waals surface area contributed by atoms with Crippen LogP contribution in [0.4, 0.5) is 0 Å². The molecule has 1 aromatic heterocycles. The van der Waals surface area contributed by atoms with Gasteiger partial charge in [-0.15, -0.1) is 0 Å². The van der Waals surface area contributed by atoms with Crippen molar-refractivity contribution in [1.29, 1.82) is 0 Å². The third kappa shape index (κ3) is 4.06. The van der Waals surface area contributed by atoms with Crippen LogP contribution in [-0.4, -0.2) is 40.6 Å². The minimum atomic E-state index is 0.00872. The minimum Gasteiger partial charge on any atom is -0.483 e. The fourth-order valence-electron chi connectivity index (χ4n) is 3.30. The van der Waals surface area contributed by atoms with E-state index in [9.17, 15) is 4.79 Å². The first-order valence-electron chi connectivity index (χ1n) is 9.60. The summed E-state index contributed by atoms with van der Waals surface area (Å²) in [5.74, 6) is 2.15. The van der Waals surface area contributed by atoms with Gasteiger partial charge in [0.05, 0.1) is 5.56 Å². The van der Waals surface area contributed by atoms with Crippen molar-refractivity contribution in [3.05, 3.63) is 54.6 Å². The molecule has 1 amide bonds. The average Bonchev–Trinajstić information content (AvgIpc) is 3.23. The highest BCUT2D eigenvalue weighted by Crippen LogP contribution is 2.29. The molecular formula is C22H23N3O3. The van der Waals surface area contributed by atoms with Crippen molar-refractivity contribution in [1.82, 2.24) is 15.0 Å². The molecule has 0 bridgehead atoms. The molecule has 1 aliphatic heterocycles. The first kappa shape index (κ1) is 18.2. The fraction of sp³-hybridized carbons (Fsp3) is 0.318. The van der Waals surface area contributed by atoms with Crippen molar-refractivity contribution in [2.45, 2.75) is 19.8 Å². The number of likely N-dealkylation sites (tertiary alicyclic amines) is 1. The maximum Gasteiger partial charge on any atom is 0.260 e. The third-order valence-corrected chi connectivity index (χ3v) is 5.06. The van der Waals surface area contributed by atoms with E-state index in [4.69, 9.17) is 9.26 Å². The highest BCUT2D eigenvalue weighted by atomic mass is 16.5. The summed E-state index contributed by atoms with van der Waals surface area (Å²) in [6.45, 7) is 3.84. The monoisotopic (exact) mass is 377 g/mol. The van der Waals surface area contributed by atoms with E-state index in [2.05, 4.69) is 17.1 Å². The van der Waals surface area contributed by atoms with Crippen LogP contribution in [0.25, 0.3) is 22.8 Å². The predicted molar refractivity (Wildman–Crippen MR) is 106 cm³/mol. The Morgan fingerprint density at radius 3 is 2.61 bits per heavy atom. The zero-order valence-electron chi connectivity index (χ0n) is 15.9. The van der Waals surface area contributed by atoms with E-state index >= 15 is 0 Å². The number of para-hydroxylation sites is 1. The van der Waals surface area contributed by atoms with Crippen LogP contribution in [0.2, 0.25) is 0 Å². The van der Waals surface area contributed by atoms with Gasteiger partial charge in [0, 0.05) is 18.7 Å². The average molecular weight is 377 g/mol. The predicted octanol–water partition coefficient (Wildman–Crippen LogP) is 4.04. The second-order valence-corrected chi connectivity index (χ2v) is 7.14. The van der Waals surface area contributed by atoms with Gasteiger partial charge in [0.15, 0.2) is 6.61 Å².